The van der Waals surface area contributed by atoms with Crippen LogP contribution < -0.4 is 0 Å². The molecule has 8 heteroatoms. The normalized spacial score (nSPS) is 20.1. The minimum absolute atomic E-state index is 0.0250. The van der Waals surface area contributed by atoms with Crippen LogP contribution in [0.5, 0.6) is 0 Å². The van der Waals surface area contributed by atoms with Gasteiger partial charge >= 0.3 is 18.1 Å². The summed E-state index contributed by atoms with van der Waals surface area (Å²) in [6, 6.07) is 4.37. The molecular formula is C22H24F3NO4. The first-order valence-corrected chi connectivity index (χ1v) is 9.75. The van der Waals surface area contributed by atoms with Crippen LogP contribution in [0.1, 0.15) is 57.6 Å². The molecule has 5 nitrogen and oxygen atoms in total. The third-order valence-electron chi connectivity index (χ3n) is 5.36. The van der Waals surface area contributed by atoms with E-state index in [1.54, 1.807) is 27.7 Å². The smallest absolute Gasteiger partial charge is 0.416 e. The van der Waals surface area contributed by atoms with Gasteiger partial charge in [0.25, 0.3) is 0 Å². The zero-order chi connectivity index (χ0) is 22.4. The fourth-order valence-electron chi connectivity index (χ4n) is 3.97. The Labute approximate surface area is 172 Å². The maximum atomic E-state index is 13.0. The van der Waals surface area contributed by atoms with Crippen molar-refractivity contribution in [2.75, 3.05) is 0 Å². The highest BCUT2D eigenvalue weighted by Crippen LogP contribution is 2.46. The lowest BCUT2D eigenvalue weighted by molar-refractivity contribution is -0.143. The molecule has 162 valence electrons. The highest BCUT2D eigenvalue weighted by atomic mass is 19.4. The van der Waals surface area contributed by atoms with Crippen LogP contribution in [0.3, 0.4) is 0 Å². The lowest BCUT2D eigenvalue weighted by Crippen LogP contribution is -2.36. The predicted molar refractivity (Wildman–Crippen MR) is 103 cm³/mol. The van der Waals surface area contributed by atoms with E-state index >= 15 is 0 Å². The second-order valence-corrected chi connectivity index (χ2v) is 7.91. The molecule has 1 aromatic rings. The zero-order valence-corrected chi connectivity index (χ0v) is 17.2. The van der Waals surface area contributed by atoms with E-state index in [9.17, 15) is 27.9 Å². The standard InChI is InChI=1S/C22H24F3NO4/c1-11(2)30-21(29)18-13(4)26(16-9-10-16)12(3)17(20(27)28)19(18)14-5-7-15(8-6-14)22(23,24)25/h5-8,11,16,19H,9-10H2,1-4H3,(H,27,28). The first-order chi connectivity index (χ1) is 13.9. The van der Waals surface area contributed by atoms with Crippen LogP contribution in [-0.4, -0.2) is 34.1 Å². The van der Waals surface area contributed by atoms with E-state index < -0.39 is 35.7 Å². The lowest BCUT2D eigenvalue weighted by atomic mass is 9.79. The molecule has 3 rings (SSSR count). The van der Waals surface area contributed by atoms with E-state index in [2.05, 4.69) is 0 Å². The SMILES string of the molecule is CC1=C(C(=O)O)C(c2ccc(C(F)(F)F)cc2)C(C(=O)OC(C)C)=C(C)N1C1CC1. The molecule has 1 aliphatic carbocycles. The fraction of sp³-hybridized carbons (Fsp3) is 0.455. The van der Waals surface area contributed by atoms with E-state index in [0.29, 0.717) is 17.0 Å². The summed E-state index contributed by atoms with van der Waals surface area (Å²) in [5, 5.41) is 9.97. The van der Waals surface area contributed by atoms with Crippen LogP contribution in [0.15, 0.2) is 46.8 Å². The first kappa shape index (κ1) is 21.9. The van der Waals surface area contributed by atoms with E-state index in [-0.39, 0.29) is 17.2 Å². The second kappa shape index (κ2) is 7.81. The summed E-state index contributed by atoms with van der Waals surface area (Å²) in [5.74, 6) is -2.90. The fourth-order valence-corrected chi connectivity index (χ4v) is 3.97. The molecule has 0 bridgehead atoms. The van der Waals surface area contributed by atoms with Gasteiger partial charge in [-0.3, -0.25) is 0 Å². The average molecular weight is 423 g/mol. The number of hydrogen-bond donors (Lipinski definition) is 1. The molecule has 1 fully saturated rings. The molecule has 0 saturated heterocycles. The Bertz CT molecular complexity index is 925. The summed E-state index contributed by atoms with van der Waals surface area (Å²) in [4.78, 5) is 27.1. The highest BCUT2D eigenvalue weighted by molar-refractivity contribution is 5.99. The number of nitrogens with zero attached hydrogens (tertiary/aromatic N) is 1. The van der Waals surface area contributed by atoms with Crippen molar-refractivity contribution in [3.63, 3.8) is 0 Å². The second-order valence-electron chi connectivity index (χ2n) is 7.91. The predicted octanol–water partition coefficient (Wildman–Crippen LogP) is 4.85. The quantitative estimate of drug-likeness (QED) is 0.686. The summed E-state index contributed by atoms with van der Waals surface area (Å²) in [7, 11) is 0. The molecule has 1 aliphatic heterocycles. The number of carboxylic acid groups (broad SMARTS) is 1. The van der Waals surface area contributed by atoms with Crippen LogP contribution >= 0.6 is 0 Å². The summed E-state index contributed by atoms with van der Waals surface area (Å²) < 4.78 is 44.4. The number of carbonyl (C=O) groups excluding carboxylic acids is 1. The third-order valence-corrected chi connectivity index (χ3v) is 5.36. The maximum Gasteiger partial charge on any atom is 0.416 e. The number of benzene rings is 1. The molecule has 0 radical (unpaired) electrons. The Morgan fingerprint density at radius 3 is 2.03 bits per heavy atom. The number of rotatable bonds is 5. The van der Waals surface area contributed by atoms with Gasteiger partial charge in [-0.2, -0.15) is 13.2 Å². The minimum atomic E-state index is -4.51. The molecule has 1 unspecified atom stereocenters. The van der Waals surface area contributed by atoms with Gasteiger partial charge in [0.2, 0.25) is 0 Å². The van der Waals surface area contributed by atoms with E-state index in [1.807, 2.05) is 4.90 Å². The molecule has 0 aromatic heterocycles. The molecule has 0 amide bonds. The van der Waals surface area contributed by atoms with Gasteiger partial charge in [-0.15, -0.1) is 0 Å². The number of carbonyl (C=O) groups is 2. The Kier molecular flexibility index (Phi) is 5.71. The zero-order valence-electron chi connectivity index (χ0n) is 17.2. The Morgan fingerprint density at radius 1 is 1.07 bits per heavy atom. The Balaban J connectivity index is 2.18. The van der Waals surface area contributed by atoms with Crippen LogP contribution in [0.25, 0.3) is 0 Å². The monoisotopic (exact) mass is 423 g/mol. The first-order valence-electron chi connectivity index (χ1n) is 9.75. The summed E-state index contributed by atoms with van der Waals surface area (Å²) in [6.07, 6.45) is -3.20. The lowest BCUT2D eigenvalue weighted by Gasteiger charge is -2.38. The van der Waals surface area contributed by atoms with Gasteiger partial charge in [0, 0.05) is 17.4 Å². The molecule has 2 aliphatic rings. The number of aliphatic carboxylic acids is 1. The van der Waals surface area contributed by atoms with Crippen LogP contribution in [0.2, 0.25) is 0 Å². The minimum Gasteiger partial charge on any atom is -0.478 e. The number of carboxylic acids is 1. The molecule has 1 atom stereocenters. The third kappa shape index (κ3) is 4.08. The van der Waals surface area contributed by atoms with Crippen molar-refractivity contribution in [1.29, 1.82) is 0 Å². The molecular weight excluding hydrogens is 399 g/mol. The van der Waals surface area contributed by atoms with Crippen molar-refractivity contribution < 1.29 is 32.6 Å². The summed E-state index contributed by atoms with van der Waals surface area (Å²) in [5.41, 5.74) is 0.655. The van der Waals surface area contributed by atoms with Crippen molar-refractivity contribution >= 4 is 11.9 Å². The van der Waals surface area contributed by atoms with Gasteiger partial charge in [-0.25, -0.2) is 9.59 Å². The van der Waals surface area contributed by atoms with Gasteiger partial charge in [0.1, 0.15) is 0 Å². The number of esters is 1. The van der Waals surface area contributed by atoms with E-state index in [0.717, 1.165) is 25.0 Å². The van der Waals surface area contributed by atoms with Gasteiger partial charge in [-0.05, 0) is 58.2 Å². The topological polar surface area (TPSA) is 66.8 Å². The Hall–Kier alpha value is -2.77. The number of allylic oxidation sites excluding steroid dienone is 2. The van der Waals surface area contributed by atoms with Crippen LogP contribution in [-0.2, 0) is 20.5 Å². The number of halogens is 3. The van der Waals surface area contributed by atoms with Gasteiger partial charge < -0.3 is 14.7 Å². The van der Waals surface area contributed by atoms with Crippen molar-refractivity contribution in [2.24, 2.45) is 0 Å². The van der Waals surface area contributed by atoms with Crippen molar-refractivity contribution in [2.45, 2.75) is 64.8 Å². The van der Waals surface area contributed by atoms with E-state index in [1.165, 1.54) is 12.1 Å². The number of ether oxygens (including phenoxy) is 1. The van der Waals surface area contributed by atoms with Gasteiger partial charge in [-0.1, -0.05) is 12.1 Å². The molecule has 1 N–H and O–H groups in total. The Morgan fingerprint density at radius 2 is 1.60 bits per heavy atom. The van der Waals surface area contributed by atoms with Crippen molar-refractivity contribution in [3.05, 3.63) is 57.9 Å². The molecule has 1 saturated carbocycles. The van der Waals surface area contributed by atoms with Crippen LogP contribution in [0.4, 0.5) is 13.2 Å². The molecule has 0 spiro atoms. The molecule has 30 heavy (non-hydrogen) atoms. The summed E-state index contributed by atoms with van der Waals surface area (Å²) >= 11 is 0. The number of hydrogen-bond acceptors (Lipinski definition) is 4. The van der Waals surface area contributed by atoms with Gasteiger partial charge in [0.05, 0.1) is 28.7 Å². The molecule has 1 aromatic carbocycles. The summed E-state index contributed by atoms with van der Waals surface area (Å²) in [6.45, 7) is 6.77. The van der Waals surface area contributed by atoms with Gasteiger partial charge in [0.15, 0.2) is 0 Å². The van der Waals surface area contributed by atoms with E-state index in [4.69, 9.17) is 4.74 Å². The average Bonchev–Trinajstić information content (AvgIpc) is 3.44. The molecule has 1 heterocycles. The van der Waals surface area contributed by atoms with Crippen molar-refractivity contribution in [1.82, 2.24) is 4.90 Å². The maximum absolute atomic E-state index is 13.0. The van der Waals surface area contributed by atoms with Crippen molar-refractivity contribution in [3.8, 4) is 0 Å². The highest BCUT2D eigenvalue weighted by Gasteiger charge is 2.44. The number of alkyl halides is 3. The van der Waals surface area contributed by atoms with Crippen LogP contribution in [0, 0.1) is 0 Å². The largest absolute Gasteiger partial charge is 0.478 e.